The minimum Gasteiger partial charge on any atom is -0.355 e. The number of amides is 1. The predicted molar refractivity (Wildman–Crippen MR) is 252 cm³/mol. The Labute approximate surface area is 352 Å². The van der Waals surface area contributed by atoms with Crippen LogP contribution in [0.2, 0.25) is 0 Å². The fourth-order valence-corrected chi connectivity index (χ4v) is 7.28. The van der Waals surface area contributed by atoms with Gasteiger partial charge < -0.3 is 32.7 Å². The molecule has 0 fully saturated rings. The van der Waals surface area contributed by atoms with Crippen LogP contribution in [-0.4, -0.2) is 64.3 Å². The lowest BCUT2D eigenvalue weighted by atomic mass is 10.0. The molecule has 0 aliphatic heterocycles. The number of hydrogen-bond acceptors (Lipinski definition) is 6. The highest BCUT2D eigenvalue weighted by Crippen LogP contribution is 2.15. The van der Waals surface area contributed by atoms with E-state index in [1.165, 1.54) is 231 Å². The molecule has 0 bridgehead atoms. The summed E-state index contributed by atoms with van der Waals surface area (Å²) in [6, 6.07) is -0.417. The highest BCUT2D eigenvalue weighted by molar-refractivity contribution is 5.80. The summed E-state index contributed by atoms with van der Waals surface area (Å²) in [7, 11) is 0. The molecule has 1 unspecified atom stereocenters. The number of rotatable bonds is 47. The maximum atomic E-state index is 11.2. The zero-order valence-corrected chi connectivity index (χ0v) is 38.8. The summed E-state index contributed by atoms with van der Waals surface area (Å²) in [6.07, 6.45) is 51.0. The number of unbranched alkanes of at least 4 members (excludes halogenated alkanes) is 31. The smallest absolute Gasteiger partial charge is 0.236 e. The van der Waals surface area contributed by atoms with Crippen molar-refractivity contribution in [3.63, 3.8) is 0 Å². The highest BCUT2D eigenvalue weighted by Gasteiger charge is 2.04. The van der Waals surface area contributed by atoms with E-state index in [0.29, 0.717) is 6.54 Å². The lowest BCUT2D eigenvalue weighted by Gasteiger charge is -2.08. The predicted octanol–water partition coefficient (Wildman–Crippen LogP) is 12.2. The summed E-state index contributed by atoms with van der Waals surface area (Å²) in [5, 5.41) is 13.2. The number of carbonyl (C=O) groups excluding carboxylic acids is 1. The summed E-state index contributed by atoms with van der Waals surface area (Å²) in [4.78, 5) is 11.2. The molecule has 0 heterocycles. The molecule has 56 heavy (non-hydrogen) atoms. The second-order valence-electron chi connectivity index (χ2n) is 17.1. The van der Waals surface area contributed by atoms with Crippen LogP contribution < -0.4 is 32.7 Å². The van der Waals surface area contributed by atoms with Crippen LogP contribution in [0.25, 0.3) is 0 Å². The summed E-state index contributed by atoms with van der Waals surface area (Å²) in [5.41, 5.74) is 10.8. The van der Waals surface area contributed by atoms with Gasteiger partial charge in [-0.05, 0) is 91.3 Å². The molecule has 1 amide bonds. The minimum atomic E-state index is -0.417. The summed E-state index contributed by atoms with van der Waals surface area (Å²) < 4.78 is 0. The van der Waals surface area contributed by atoms with Crippen LogP contribution in [0.15, 0.2) is 0 Å². The van der Waals surface area contributed by atoms with Gasteiger partial charge in [-0.1, -0.05) is 206 Å². The molecule has 0 saturated heterocycles. The van der Waals surface area contributed by atoms with E-state index in [-0.39, 0.29) is 5.91 Å². The minimum absolute atomic E-state index is 0.0800. The van der Waals surface area contributed by atoms with Gasteiger partial charge in [-0.3, -0.25) is 4.79 Å². The Morgan fingerprint density at radius 2 is 0.589 bits per heavy atom. The molecule has 7 heteroatoms. The van der Waals surface area contributed by atoms with Crippen molar-refractivity contribution in [3.8, 4) is 0 Å². The van der Waals surface area contributed by atoms with Crippen molar-refractivity contribution in [1.82, 2.24) is 21.3 Å². The van der Waals surface area contributed by atoms with Crippen molar-refractivity contribution in [2.24, 2.45) is 11.5 Å². The van der Waals surface area contributed by atoms with Crippen molar-refractivity contribution >= 4 is 5.91 Å². The van der Waals surface area contributed by atoms with Crippen LogP contribution in [0.3, 0.4) is 0 Å². The van der Waals surface area contributed by atoms with Crippen LogP contribution in [-0.2, 0) is 4.79 Å². The number of carbonyl (C=O) groups is 1. The Morgan fingerprint density at radius 1 is 0.357 bits per heavy atom. The third-order valence-electron chi connectivity index (χ3n) is 11.2. The molecule has 7 nitrogen and oxygen atoms in total. The van der Waals surface area contributed by atoms with Gasteiger partial charge in [0, 0.05) is 6.54 Å². The highest BCUT2D eigenvalue weighted by atomic mass is 16.2. The van der Waals surface area contributed by atoms with Gasteiger partial charge in [0.15, 0.2) is 0 Å². The third kappa shape index (κ3) is 55.4. The first kappa shape index (κ1) is 57.4. The van der Waals surface area contributed by atoms with Crippen molar-refractivity contribution in [2.75, 3.05) is 52.4 Å². The van der Waals surface area contributed by atoms with E-state index in [1.54, 1.807) is 6.92 Å². The Balaban J connectivity index is 0. The SMILES string of the molecule is CC(N)C(=O)NCCCNCCCCNCCCN.CCCCCCCCCCCCCCCCCCNCCCCCCCCCCCCCCCCCC. The monoisotopic (exact) mass is 795 g/mol. The van der Waals surface area contributed by atoms with Crippen molar-refractivity contribution in [3.05, 3.63) is 0 Å². The lowest BCUT2D eigenvalue weighted by Crippen LogP contribution is -2.39. The van der Waals surface area contributed by atoms with E-state index >= 15 is 0 Å². The average molecular weight is 795 g/mol. The van der Waals surface area contributed by atoms with E-state index in [9.17, 15) is 4.79 Å². The fraction of sp³-hybridized carbons (Fsp3) is 0.980. The quantitative estimate of drug-likeness (QED) is 0.0342. The van der Waals surface area contributed by atoms with E-state index in [0.717, 1.165) is 45.6 Å². The molecule has 0 radical (unpaired) electrons. The Bertz CT molecular complexity index is 660. The van der Waals surface area contributed by atoms with Gasteiger partial charge in [0.05, 0.1) is 6.04 Å². The molecule has 0 aromatic rings. The Morgan fingerprint density at radius 3 is 0.857 bits per heavy atom. The van der Waals surface area contributed by atoms with Crippen LogP contribution in [0, 0.1) is 0 Å². The lowest BCUT2D eigenvalue weighted by molar-refractivity contribution is -0.121. The molecule has 338 valence electrons. The van der Waals surface area contributed by atoms with Crippen LogP contribution >= 0.6 is 0 Å². The van der Waals surface area contributed by atoms with Gasteiger partial charge in [-0.25, -0.2) is 0 Å². The van der Waals surface area contributed by atoms with Gasteiger partial charge in [0.25, 0.3) is 0 Å². The Kier molecular flexibility index (Phi) is 55.6. The Hall–Kier alpha value is -0.730. The molecule has 0 rings (SSSR count). The van der Waals surface area contributed by atoms with Crippen LogP contribution in [0.5, 0.6) is 0 Å². The molecule has 0 aromatic heterocycles. The van der Waals surface area contributed by atoms with E-state index in [1.807, 2.05) is 0 Å². The van der Waals surface area contributed by atoms with Crippen molar-refractivity contribution in [2.45, 2.75) is 258 Å². The second kappa shape index (κ2) is 54.3. The molecule has 8 N–H and O–H groups in total. The maximum Gasteiger partial charge on any atom is 0.236 e. The molecule has 0 aromatic carbocycles. The third-order valence-corrected chi connectivity index (χ3v) is 11.2. The molecule has 0 spiro atoms. The molecular weight excluding hydrogens is 689 g/mol. The van der Waals surface area contributed by atoms with Crippen molar-refractivity contribution < 1.29 is 4.79 Å². The summed E-state index contributed by atoms with van der Waals surface area (Å²) in [6.45, 7) is 14.3. The fourth-order valence-electron chi connectivity index (χ4n) is 7.28. The molecule has 0 aliphatic rings. The zero-order valence-electron chi connectivity index (χ0n) is 38.8. The van der Waals surface area contributed by atoms with Gasteiger partial charge in [-0.2, -0.15) is 0 Å². The first-order valence-electron chi connectivity index (χ1n) is 25.5. The molecular formula is C49H106N6O. The standard InChI is InChI=1S/C36H75N.C13H31N5O/c1-3-5-7-9-11-13-15-17-19-21-23-25-27-29-31-33-35-37-36-34-32-30-28-26-24-22-20-18-16-14-12-10-8-6-4-2;1-12(15)13(19)18-11-5-10-17-8-3-2-7-16-9-4-6-14/h37H,3-36H2,1-2H3;12,16-17H,2-11,14-15H2,1H3,(H,18,19). The second-order valence-corrected chi connectivity index (χ2v) is 17.1. The zero-order chi connectivity index (χ0) is 41.1. The first-order chi connectivity index (χ1) is 27.6. The van der Waals surface area contributed by atoms with E-state index in [2.05, 4.69) is 35.1 Å². The van der Waals surface area contributed by atoms with Gasteiger partial charge in [0.2, 0.25) is 5.91 Å². The largest absolute Gasteiger partial charge is 0.355 e. The summed E-state index contributed by atoms with van der Waals surface area (Å²) in [5.74, 6) is -0.0800. The average Bonchev–Trinajstić information content (AvgIpc) is 3.20. The van der Waals surface area contributed by atoms with Crippen LogP contribution in [0.1, 0.15) is 252 Å². The van der Waals surface area contributed by atoms with Crippen molar-refractivity contribution in [1.29, 1.82) is 0 Å². The molecule has 0 aliphatic carbocycles. The van der Waals surface area contributed by atoms with E-state index < -0.39 is 6.04 Å². The molecule has 0 saturated carbocycles. The summed E-state index contributed by atoms with van der Waals surface area (Å²) >= 11 is 0. The number of nitrogens with one attached hydrogen (secondary N) is 4. The van der Waals surface area contributed by atoms with E-state index in [4.69, 9.17) is 11.5 Å². The first-order valence-corrected chi connectivity index (χ1v) is 25.5. The normalized spacial score (nSPS) is 11.8. The maximum absolute atomic E-state index is 11.2. The number of hydrogen-bond donors (Lipinski definition) is 6. The number of nitrogens with two attached hydrogens (primary N) is 2. The van der Waals surface area contributed by atoms with Crippen LogP contribution in [0.4, 0.5) is 0 Å². The topological polar surface area (TPSA) is 117 Å². The molecule has 1 atom stereocenters. The van der Waals surface area contributed by atoms with Gasteiger partial charge in [-0.15, -0.1) is 0 Å². The van der Waals surface area contributed by atoms with Gasteiger partial charge >= 0.3 is 0 Å². The van der Waals surface area contributed by atoms with Gasteiger partial charge in [0.1, 0.15) is 0 Å².